The van der Waals surface area contributed by atoms with Gasteiger partial charge in [-0.3, -0.25) is 13.9 Å². The van der Waals surface area contributed by atoms with E-state index in [4.69, 9.17) is 23.2 Å². The summed E-state index contributed by atoms with van der Waals surface area (Å²) in [5.41, 5.74) is 4.02. The summed E-state index contributed by atoms with van der Waals surface area (Å²) in [6.45, 7) is 8.51. The van der Waals surface area contributed by atoms with Gasteiger partial charge in [0.2, 0.25) is 21.8 Å². The van der Waals surface area contributed by atoms with Crippen LogP contribution in [0.25, 0.3) is 0 Å². The molecule has 0 unspecified atom stereocenters. The summed E-state index contributed by atoms with van der Waals surface area (Å²) in [7, 11) is -3.60. The Balaban J connectivity index is 1.92. The molecule has 1 N–H and O–H groups in total. The highest BCUT2D eigenvalue weighted by Gasteiger charge is 2.31. The molecule has 0 heterocycles. The second-order valence-corrected chi connectivity index (χ2v) is 14.1. The van der Waals surface area contributed by atoms with Gasteiger partial charge in [-0.05, 0) is 72.7 Å². The van der Waals surface area contributed by atoms with Crippen LogP contribution in [0.15, 0.2) is 66.7 Å². The zero-order valence-corrected chi connectivity index (χ0v) is 27.8. The van der Waals surface area contributed by atoms with Crippen molar-refractivity contribution in [2.45, 2.75) is 59.5 Å². The lowest BCUT2D eigenvalue weighted by Gasteiger charge is -2.32. The predicted octanol–water partition coefficient (Wildman–Crippen LogP) is 6.57. The van der Waals surface area contributed by atoms with Gasteiger partial charge in [0, 0.05) is 42.5 Å². The first-order valence-corrected chi connectivity index (χ1v) is 17.0. The number of sulfonamides is 1. The summed E-state index contributed by atoms with van der Waals surface area (Å²) in [4.78, 5) is 29.2. The Bertz CT molecular complexity index is 1490. The average molecular weight is 647 g/mol. The number of hydrogen-bond donors (Lipinski definition) is 1. The van der Waals surface area contributed by atoms with Crippen molar-refractivity contribution in [2.75, 3.05) is 23.7 Å². The van der Waals surface area contributed by atoms with Crippen LogP contribution in [0, 0.1) is 19.8 Å². The lowest BCUT2D eigenvalue weighted by molar-refractivity contribution is -0.141. The number of rotatable bonds is 14. The summed E-state index contributed by atoms with van der Waals surface area (Å²) in [5.74, 6) is -0.312. The minimum absolute atomic E-state index is 0.0325. The molecule has 2 amide bonds. The highest BCUT2D eigenvalue weighted by atomic mass is 35.5. The van der Waals surface area contributed by atoms with Crippen molar-refractivity contribution in [3.05, 3.63) is 99.0 Å². The van der Waals surface area contributed by atoms with Crippen molar-refractivity contribution in [3.63, 3.8) is 0 Å². The van der Waals surface area contributed by atoms with E-state index in [0.717, 1.165) is 22.9 Å². The van der Waals surface area contributed by atoms with Crippen LogP contribution in [0.1, 0.15) is 48.9 Å². The van der Waals surface area contributed by atoms with E-state index >= 15 is 0 Å². The number of nitrogens with zero attached hydrogens (tertiary/aromatic N) is 2. The van der Waals surface area contributed by atoms with Crippen molar-refractivity contribution in [1.82, 2.24) is 10.2 Å². The minimum Gasteiger partial charge on any atom is -0.354 e. The predicted molar refractivity (Wildman–Crippen MR) is 176 cm³/mol. The summed E-state index contributed by atoms with van der Waals surface area (Å²) in [5, 5.41) is 3.86. The highest BCUT2D eigenvalue weighted by Crippen LogP contribution is 2.26. The number of carbonyl (C=O) groups excluding carboxylic acids is 2. The maximum atomic E-state index is 14.0. The van der Waals surface area contributed by atoms with Crippen molar-refractivity contribution in [3.8, 4) is 0 Å². The van der Waals surface area contributed by atoms with Crippen molar-refractivity contribution in [2.24, 2.45) is 5.92 Å². The lowest BCUT2D eigenvalue weighted by atomic mass is 10.0. The molecule has 0 fully saturated rings. The normalized spacial score (nSPS) is 12.2. The van der Waals surface area contributed by atoms with E-state index in [-0.39, 0.29) is 43.7 Å². The number of aryl methyl sites for hydroxylation is 2. The maximum absolute atomic E-state index is 14.0. The maximum Gasteiger partial charge on any atom is 0.243 e. The van der Waals surface area contributed by atoms with Gasteiger partial charge in [0.15, 0.2) is 0 Å². The summed E-state index contributed by atoms with van der Waals surface area (Å²) < 4.78 is 26.8. The third-order valence-corrected chi connectivity index (χ3v) is 8.74. The Labute approximate surface area is 266 Å². The van der Waals surface area contributed by atoms with Crippen molar-refractivity contribution < 1.29 is 18.0 Å². The molecule has 3 aromatic rings. The first-order valence-electron chi connectivity index (χ1n) is 14.4. The van der Waals surface area contributed by atoms with Crippen LogP contribution in [0.5, 0.6) is 0 Å². The standard InChI is InChI=1S/C33H41Cl2N3O4S/c1-23(2)21-36-33(40)31(19-26-10-7-6-8-11-26)37(22-27-13-14-28(34)20-30(27)35)32(39)12-9-15-38(43(5,41)42)29-17-24(3)16-25(4)18-29/h6-8,10-11,13-14,16-18,20,23,31H,9,12,15,19,21-22H2,1-5H3,(H,36,40)/t31-/m0/s1. The SMILES string of the molecule is Cc1cc(C)cc(N(CCCC(=O)N(Cc2ccc(Cl)cc2Cl)[C@@H](Cc2ccccc2)C(=O)NCC(C)C)S(C)(=O)=O)c1. The van der Waals surface area contributed by atoms with E-state index in [2.05, 4.69) is 5.32 Å². The second-order valence-electron chi connectivity index (χ2n) is 11.4. The number of hydrogen-bond acceptors (Lipinski definition) is 4. The van der Waals surface area contributed by atoms with E-state index in [1.807, 2.05) is 76.2 Å². The van der Waals surface area contributed by atoms with Gasteiger partial charge >= 0.3 is 0 Å². The number of nitrogens with one attached hydrogen (secondary N) is 1. The topological polar surface area (TPSA) is 86.8 Å². The molecule has 0 aliphatic carbocycles. The molecular formula is C33H41Cl2N3O4S. The average Bonchev–Trinajstić information content (AvgIpc) is 2.91. The van der Waals surface area contributed by atoms with E-state index in [1.54, 1.807) is 23.1 Å². The number of anilines is 1. The van der Waals surface area contributed by atoms with E-state index < -0.39 is 16.1 Å². The molecule has 3 rings (SSSR count). The number of halogens is 2. The Morgan fingerprint density at radius 3 is 2.16 bits per heavy atom. The molecule has 7 nitrogen and oxygen atoms in total. The molecule has 3 aromatic carbocycles. The van der Waals surface area contributed by atoms with Gasteiger partial charge in [-0.2, -0.15) is 0 Å². The third kappa shape index (κ3) is 10.6. The largest absolute Gasteiger partial charge is 0.354 e. The fraction of sp³-hybridized carbons (Fsp3) is 0.394. The number of benzene rings is 3. The Kier molecular flexibility index (Phi) is 12.5. The zero-order chi connectivity index (χ0) is 31.7. The van der Waals surface area contributed by atoms with Crippen LogP contribution in [0.3, 0.4) is 0 Å². The molecule has 0 aliphatic rings. The molecule has 0 aliphatic heterocycles. The van der Waals surface area contributed by atoms with Gasteiger partial charge in [-0.1, -0.05) is 79.5 Å². The Morgan fingerprint density at radius 1 is 0.930 bits per heavy atom. The first kappa shape index (κ1) is 34.4. The van der Waals surface area contributed by atoms with Gasteiger partial charge in [0.05, 0.1) is 11.9 Å². The van der Waals surface area contributed by atoms with Gasteiger partial charge in [-0.25, -0.2) is 8.42 Å². The molecule has 0 bridgehead atoms. The molecule has 1 atom stereocenters. The van der Waals surface area contributed by atoms with Crippen LogP contribution >= 0.6 is 23.2 Å². The van der Waals surface area contributed by atoms with Gasteiger partial charge in [-0.15, -0.1) is 0 Å². The smallest absolute Gasteiger partial charge is 0.243 e. The van der Waals surface area contributed by atoms with Gasteiger partial charge in [0.25, 0.3) is 0 Å². The van der Waals surface area contributed by atoms with Crippen LogP contribution in [-0.2, 0) is 32.6 Å². The molecule has 0 saturated heterocycles. The lowest BCUT2D eigenvalue weighted by Crippen LogP contribution is -2.51. The molecule has 0 saturated carbocycles. The molecule has 232 valence electrons. The number of carbonyl (C=O) groups is 2. The van der Waals surface area contributed by atoms with Crippen LogP contribution in [0.4, 0.5) is 5.69 Å². The van der Waals surface area contributed by atoms with Crippen LogP contribution in [0.2, 0.25) is 10.0 Å². The quantitative estimate of drug-likeness (QED) is 0.215. The molecule has 10 heteroatoms. The summed E-state index contributed by atoms with van der Waals surface area (Å²) >= 11 is 12.6. The van der Waals surface area contributed by atoms with Crippen molar-refractivity contribution >= 4 is 50.7 Å². The molecule has 0 aromatic heterocycles. The first-order chi connectivity index (χ1) is 20.2. The fourth-order valence-corrected chi connectivity index (χ4v) is 6.33. The van der Waals surface area contributed by atoms with E-state index in [9.17, 15) is 18.0 Å². The summed E-state index contributed by atoms with van der Waals surface area (Å²) in [6, 6.07) is 19.4. The van der Waals surface area contributed by atoms with E-state index in [0.29, 0.717) is 34.3 Å². The van der Waals surface area contributed by atoms with Gasteiger partial charge in [0.1, 0.15) is 6.04 Å². The van der Waals surface area contributed by atoms with E-state index in [1.165, 1.54) is 4.31 Å². The fourth-order valence-electron chi connectivity index (χ4n) is 4.91. The third-order valence-electron chi connectivity index (χ3n) is 6.96. The molecular weight excluding hydrogens is 605 g/mol. The zero-order valence-electron chi connectivity index (χ0n) is 25.4. The van der Waals surface area contributed by atoms with Crippen LogP contribution in [-0.4, -0.2) is 50.5 Å². The minimum atomic E-state index is -3.60. The molecule has 0 spiro atoms. The second kappa shape index (κ2) is 15.6. The van der Waals surface area contributed by atoms with Crippen molar-refractivity contribution in [1.29, 1.82) is 0 Å². The molecule has 43 heavy (non-hydrogen) atoms. The van der Waals surface area contributed by atoms with Crippen LogP contribution < -0.4 is 9.62 Å². The summed E-state index contributed by atoms with van der Waals surface area (Å²) in [6.07, 6.45) is 1.76. The number of amides is 2. The highest BCUT2D eigenvalue weighted by molar-refractivity contribution is 7.92. The molecule has 0 radical (unpaired) electrons. The Morgan fingerprint density at radius 2 is 1.58 bits per heavy atom. The Hall–Kier alpha value is -3.07. The monoisotopic (exact) mass is 645 g/mol. The van der Waals surface area contributed by atoms with Gasteiger partial charge < -0.3 is 10.2 Å².